The smallest absolute Gasteiger partial charge is 0.306 e. The molecule has 53 heavy (non-hydrogen) atoms. The van der Waals surface area contributed by atoms with E-state index in [-0.39, 0.29) is 18.2 Å². The van der Waals surface area contributed by atoms with Gasteiger partial charge in [0.15, 0.2) is 0 Å². The molecule has 11 heteroatoms. The van der Waals surface area contributed by atoms with Gasteiger partial charge in [-0.1, -0.05) is 93.8 Å². The Balaban J connectivity index is 0.00000124. The van der Waals surface area contributed by atoms with Gasteiger partial charge in [0.25, 0.3) is 0 Å². The maximum atomic E-state index is 12.7. The Bertz CT molecular complexity index is 1100. The monoisotopic (exact) mass is 746 g/mol. The molecule has 0 radical (unpaired) electrons. The highest BCUT2D eigenvalue weighted by Gasteiger charge is 2.48. The fourth-order valence-corrected chi connectivity index (χ4v) is 5.57. The zero-order chi connectivity index (χ0) is 39.4. The van der Waals surface area contributed by atoms with Gasteiger partial charge in [0.1, 0.15) is 37.0 Å². The van der Waals surface area contributed by atoms with Crippen LogP contribution in [-0.2, 0) is 51.3 Å². The number of esters is 1. The van der Waals surface area contributed by atoms with Gasteiger partial charge in [0.2, 0.25) is 0 Å². The SMILES string of the molecule is CC.COC1CC(OC(=O)CCCCCN)[C@@H](OCc2ccccc2)C(OC)C1OCc1ccccc1.NCCCCCC=O.NCCCCCC=O. The Labute approximate surface area is 320 Å². The zero-order valence-electron chi connectivity index (χ0n) is 33.0. The third-order valence-corrected chi connectivity index (χ3v) is 8.41. The fourth-order valence-electron chi connectivity index (χ4n) is 5.57. The van der Waals surface area contributed by atoms with Crippen LogP contribution in [0.25, 0.3) is 0 Å². The standard InChI is InChI=1S/C28H39NO6.2C6H13NO.C2H6/c1-31-23-18-24(35-25(30)16-10-5-11-17-29)27(34-20-22-14-8-4-9-15-22)28(32-2)26(23)33-19-21-12-6-3-7-13-21;2*7-5-3-1-2-4-6-8;1-2/h3-4,6-9,12-15,23-24,26-28H,5,10-11,16-20,29H2,1-2H3;2*6H,1-5,7H2;1-2H3/t23?,24?,26?,27-,28?;;;/m1.../s1. The predicted octanol–water partition coefficient (Wildman–Crippen LogP) is 6.46. The first-order chi connectivity index (χ1) is 26.0. The summed E-state index contributed by atoms with van der Waals surface area (Å²) in [4.78, 5) is 32.1. The van der Waals surface area contributed by atoms with Gasteiger partial charge in [0.05, 0.1) is 19.3 Å². The normalized spacial score (nSPS) is 18.9. The maximum Gasteiger partial charge on any atom is 0.306 e. The van der Waals surface area contributed by atoms with Gasteiger partial charge in [-0.25, -0.2) is 0 Å². The number of ether oxygens (including phenoxy) is 5. The quantitative estimate of drug-likeness (QED) is 0.0611. The van der Waals surface area contributed by atoms with Crippen LogP contribution in [0.4, 0.5) is 0 Å². The number of aldehydes is 2. The molecule has 0 amide bonds. The van der Waals surface area contributed by atoms with Crippen LogP contribution in [0.5, 0.6) is 0 Å². The van der Waals surface area contributed by atoms with Crippen molar-refractivity contribution in [3.63, 3.8) is 0 Å². The van der Waals surface area contributed by atoms with Crippen LogP contribution in [0.1, 0.15) is 108 Å². The van der Waals surface area contributed by atoms with Gasteiger partial charge in [0, 0.05) is 39.9 Å². The second kappa shape index (κ2) is 36.0. The second-order valence-corrected chi connectivity index (χ2v) is 12.5. The molecule has 1 aliphatic rings. The summed E-state index contributed by atoms with van der Waals surface area (Å²) in [5.41, 5.74) is 18.1. The van der Waals surface area contributed by atoms with E-state index in [1.54, 1.807) is 14.2 Å². The molecule has 4 unspecified atom stereocenters. The van der Waals surface area contributed by atoms with Crippen LogP contribution in [0.15, 0.2) is 60.7 Å². The van der Waals surface area contributed by atoms with E-state index in [0.717, 1.165) is 94.6 Å². The van der Waals surface area contributed by atoms with Gasteiger partial charge in [-0.3, -0.25) is 4.79 Å². The average molecular weight is 746 g/mol. The summed E-state index contributed by atoms with van der Waals surface area (Å²) < 4.78 is 30.3. The second-order valence-electron chi connectivity index (χ2n) is 12.5. The summed E-state index contributed by atoms with van der Waals surface area (Å²) in [6.45, 7) is 6.92. The molecule has 0 bridgehead atoms. The minimum atomic E-state index is -0.507. The number of benzene rings is 2. The zero-order valence-corrected chi connectivity index (χ0v) is 33.0. The van der Waals surface area contributed by atoms with E-state index in [2.05, 4.69) is 0 Å². The number of unbranched alkanes of at least 4 members (excludes halogenated alkanes) is 8. The summed E-state index contributed by atoms with van der Waals surface area (Å²) in [7, 11) is 3.28. The minimum absolute atomic E-state index is 0.242. The third-order valence-electron chi connectivity index (χ3n) is 8.41. The minimum Gasteiger partial charge on any atom is -0.459 e. The Kier molecular flexibility index (Phi) is 33.9. The number of nitrogens with two attached hydrogens (primary N) is 3. The molecule has 2 aromatic carbocycles. The Morgan fingerprint density at radius 2 is 1.04 bits per heavy atom. The van der Waals surface area contributed by atoms with Crippen LogP contribution in [0.2, 0.25) is 0 Å². The van der Waals surface area contributed by atoms with Gasteiger partial charge >= 0.3 is 5.97 Å². The number of carbonyl (C=O) groups is 3. The van der Waals surface area contributed by atoms with Crippen LogP contribution in [0, 0.1) is 0 Å². The lowest BCUT2D eigenvalue weighted by molar-refractivity contribution is -0.233. The summed E-state index contributed by atoms with van der Waals surface area (Å²) >= 11 is 0. The van der Waals surface area contributed by atoms with Crippen molar-refractivity contribution in [3.05, 3.63) is 71.8 Å². The number of rotatable bonds is 24. The van der Waals surface area contributed by atoms with E-state index >= 15 is 0 Å². The van der Waals surface area contributed by atoms with Gasteiger partial charge < -0.3 is 50.5 Å². The summed E-state index contributed by atoms with van der Waals surface area (Å²) in [5, 5.41) is 0. The Morgan fingerprint density at radius 3 is 1.43 bits per heavy atom. The van der Waals surface area contributed by atoms with E-state index in [4.69, 9.17) is 40.9 Å². The van der Waals surface area contributed by atoms with E-state index in [1.165, 1.54) is 0 Å². The number of methoxy groups -OCH3 is 2. The summed E-state index contributed by atoms with van der Waals surface area (Å²) in [6.07, 6.45) is 10.8. The highest BCUT2D eigenvalue weighted by molar-refractivity contribution is 5.69. The molecule has 0 spiro atoms. The molecule has 11 nitrogen and oxygen atoms in total. The lowest BCUT2D eigenvalue weighted by Gasteiger charge is -2.44. The molecule has 3 rings (SSSR count). The molecular formula is C42H71N3O8. The van der Waals surface area contributed by atoms with E-state index < -0.39 is 18.3 Å². The molecule has 5 atom stereocenters. The molecule has 1 fully saturated rings. The first-order valence-corrected chi connectivity index (χ1v) is 19.5. The summed E-state index contributed by atoms with van der Waals surface area (Å²) in [5.74, 6) is -0.242. The lowest BCUT2D eigenvalue weighted by atomic mass is 9.86. The van der Waals surface area contributed by atoms with E-state index in [1.807, 2.05) is 74.5 Å². The van der Waals surface area contributed by atoms with Crippen molar-refractivity contribution in [2.45, 2.75) is 141 Å². The highest BCUT2D eigenvalue weighted by atomic mass is 16.6. The van der Waals surface area contributed by atoms with E-state index in [9.17, 15) is 14.4 Å². The van der Waals surface area contributed by atoms with Crippen molar-refractivity contribution in [2.75, 3.05) is 33.9 Å². The maximum absolute atomic E-state index is 12.7. The van der Waals surface area contributed by atoms with Crippen molar-refractivity contribution in [1.29, 1.82) is 0 Å². The Hall–Kier alpha value is -3.03. The summed E-state index contributed by atoms with van der Waals surface area (Å²) in [6, 6.07) is 19.9. The largest absolute Gasteiger partial charge is 0.459 e. The molecule has 1 aliphatic carbocycles. The van der Waals surface area contributed by atoms with Crippen molar-refractivity contribution in [1.82, 2.24) is 0 Å². The fraction of sp³-hybridized carbons (Fsp3) is 0.643. The molecule has 302 valence electrons. The van der Waals surface area contributed by atoms with Crippen LogP contribution < -0.4 is 17.2 Å². The predicted molar refractivity (Wildman–Crippen MR) is 212 cm³/mol. The number of hydrogen-bond donors (Lipinski definition) is 3. The van der Waals surface area contributed by atoms with Crippen LogP contribution in [0.3, 0.4) is 0 Å². The highest BCUT2D eigenvalue weighted by Crippen LogP contribution is 2.32. The lowest BCUT2D eigenvalue weighted by Crippen LogP contribution is -2.59. The van der Waals surface area contributed by atoms with Crippen molar-refractivity contribution < 1.29 is 38.1 Å². The van der Waals surface area contributed by atoms with Crippen molar-refractivity contribution in [3.8, 4) is 0 Å². The Morgan fingerprint density at radius 1 is 0.604 bits per heavy atom. The van der Waals surface area contributed by atoms with E-state index in [0.29, 0.717) is 45.4 Å². The van der Waals surface area contributed by atoms with Crippen molar-refractivity contribution in [2.24, 2.45) is 17.2 Å². The molecular weight excluding hydrogens is 674 g/mol. The molecule has 1 saturated carbocycles. The number of hydrogen-bond acceptors (Lipinski definition) is 11. The topological polar surface area (TPSA) is 175 Å². The van der Waals surface area contributed by atoms with Gasteiger partial charge in [-0.05, 0) is 69.3 Å². The molecule has 0 saturated heterocycles. The average Bonchev–Trinajstić information content (AvgIpc) is 3.20. The molecule has 0 aliphatic heterocycles. The van der Waals surface area contributed by atoms with Crippen LogP contribution >= 0.6 is 0 Å². The first kappa shape index (κ1) is 50.0. The first-order valence-electron chi connectivity index (χ1n) is 19.5. The van der Waals surface area contributed by atoms with Gasteiger partial charge in [-0.15, -0.1) is 0 Å². The molecule has 2 aromatic rings. The molecule has 0 heterocycles. The molecule has 6 N–H and O–H groups in total. The van der Waals surface area contributed by atoms with Crippen molar-refractivity contribution >= 4 is 18.5 Å². The third kappa shape index (κ3) is 24.1. The molecule has 0 aromatic heterocycles. The van der Waals surface area contributed by atoms with Crippen LogP contribution in [-0.4, -0.2) is 82.9 Å². The van der Waals surface area contributed by atoms with Gasteiger partial charge in [-0.2, -0.15) is 0 Å². The number of carbonyl (C=O) groups excluding carboxylic acids is 3.